The highest BCUT2D eigenvalue weighted by molar-refractivity contribution is 6.02. The number of amides is 1. The minimum atomic E-state index is -0.300. The largest absolute Gasteiger partial charge is 0.323 e. The summed E-state index contributed by atoms with van der Waals surface area (Å²) in [6, 6.07) is 13.6. The van der Waals surface area contributed by atoms with Crippen molar-refractivity contribution in [1.82, 2.24) is 19.3 Å². The Hall–Kier alpha value is -4.00. The maximum absolute atomic E-state index is 13.2. The van der Waals surface area contributed by atoms with Gasteiger partial charge in [-0.25, -0.2) is 9.37 Å². The van der Waals surface area contributed by atoms with Crippen molar-refractivity contribution in [3.63, 3.8) is 0 Å². The first-order valence-electron chi connectivity index (χ1n) is 8.95. The van der Waals surface area contributed by atoms with Crippen LogP contribution >= 0.6 is 0 Å². The van der Waals surface area contributed by atoms with Crippen LogP contribution in [0.15, 0.2) is 79.5 Å². The van der Waals surface area contributed by atoms with Crippen molar-refractivity contribution in [3.05, 3.63) is 90.9 Å². The molecule has 0 unspecified atom stereocenters. The molecule has 4 rings (SSSR count). The average molecular weight is 387 g/mol. The van der Waals surface area contributed by atoms with Crippen molar-refractivity contribution in [2.75, 3.05) is 5.32 Å². The number of anilines is 1. The van der Waals surface area contributed by atoms with E-state index < -0.39 is 0 Å². The summed E-state index contributed by atoms with van der Waals surface area (Å²) in [5, 5.41) is 7.07. The van der Waals surface area contributed by atoms with E-state index in [9.17, 15) is 9.18 Å². The lowest BCUT2D eigenvalue weighted by molar-refractivity contribution is -0.111. The standard InChI is InChI=1S/C22H18FN5O/c1-27-22(16-2-5-18(23)6-3-16)17(14-25-27)4-11-21(29)26-19-7-9-20(10-8-19)28-13-12-24-15-28/h2-15H,1H3,(H,26,29)/b11-4+. The summed E-state index contributed by atoms with van der Waals surface area (Å²) in [5.41, 5.74) is 4.04. The van der Waals surface area contributed by atoms with Gasteiger partial charge in [-0.3, -0.25) is 9.48 Å². The van der Waals surface area contributed by atoms with Crippen molar-refractivity contribution in [3.8, 4) is 16.9 Å². The van der Waals surface area contributed by atoms with Crippen molar-refractivity contribution in [1.29, 1.82) is 0 Å². The van der Waals surface area contributed by atoms with Crippen LogP contribution < -0.4 is 5.32 Å². The zero-order valence-electron chi connectivity index (χ0n) is 15.7. The number of hydrogen-bond donors (Lipinski definition) is 1. The number of aromatic nitrogens is 4. The fourth-order valence-corrected chi connectivity index (χ4v) is 3.02. The summed E-state index contributed by atoms with van der Waals surface area (Å²) < 4.78 is 16.8. The molecule has 4 aromatic rings. The summed E-state index contributed by atoms with van der Waals surface area (Å²) in [6.07, 6.45) is 10.1. The Morgan fingerprint density at radius 2 is 1.86 bits per heavy atom. The molecule has 0 saturated heterocycles. The van der Waals surface area contributed by atoms with Gasteiger partial charge in [0.25, 0.3) is 0 Å². The quantitative estimate of drug-likeness (QED) is 0.525. The van der Waals surface area contributed by atoms with Gasteiger partial charge in [-0.1, -0.05) is 0 Å². The van der Waals surface area contributed by atoms with Gasteiger partial charge in [-0.15, -0.1) is 0 Å². The number of benzene rings is 2. The third-order valence-corrected chi connectivity index (χ3v) is 4.44. The molecule has 0 atom stereocenters. The molecule has 2 aromatic heterocycles. The highest BCUT2D eigenvalue weighted by atomic mass is 19.1. The molecule has 0 radical (unpaired) electrons. The van der Waals surface area contributed by atoms with Gasteiger partial charge in [-0.05, 0) is 54.6 Å². The van der Waals surface area contributed by atoms with Crippen molar-refractivity contribution >= 4 is 17.7 Å². The second-order valence-electron chi connectivity index (χ2n) is 6.42. The number of nitrogens with zero attached hydrogens (tertiary/aromatic N) is 4. The van der Waals surface area contributed by atoms with E-state index >= 15 is 0 Å². The topological polar surface area (TPSA) is 64.7 Å². The summed E-state index contributed by atoms with van der Waals surface area (Å²) >= 11 is 0. The zero-order chi connectivity index (χ0) is 20.2. The van der Waals surface area contributed by atoms with E-state index in [1.807, 2.05) is 35.0 Å². The lowest BCUT2D eigenvalue weighted by atomic mass is 10.1. The Balaban J connectivity index is 1.47. The van der Waals surface area contributed by atoms with Crippen LogP contribution in [0.4, 0.5) is 10.1 Å². The van der Waals surface area contributed by atoms with E-state index in [0.29, 0.717) is 5.69 Å². The van der Waals surface area contributed by atoms with E-state index in [2.05, 4.69) is 15.4 Å². The number of imidazole rings is 1. The van der Waals surface area contributed by atoms with Gasteiger partial charge in [0.15, 0.2) is 0 Å². The molecule has 0 aliphatic heterocycles. The van der Waals surface area contributed by atoms with Gasteiger partial charge in [-0.2, -0.15) is 5.10 Å². The smallest absolute Gasteiger partial charge is 0.248 e. The molecule has 0 fully saturated rings. The molecule has 1 N–H and O–H groups in total. The van der Waals surface area contributed by atoms with Crippen molar-refractivity contribution in [2.45, 2.75) is 0 Å². The van der Waals surface area contributed by atoms with Gasteiger partial charge < -0.3 is 9.88 Å². The predicted molar refractivity (Wildman–Crippen MR) is 110 cm³/mol. The zero-order valence-corrected chi connectivity index (χ0v) is 15.7. The first-order valence-corrected chi connectivity index (χ1v) is 8.95. The van der Waals surface area contributed by atoms with Gasteiger partial charge in [0.05, 0.1) is 18.2 Å². The van der Waals surface area contributed by atoms with E-state index in [-0.39, 0.29) is 11.7 Å². The molecule has 29 heavy (non-hydrogen) atoms. The van der Waals surface area contributed by atoms with Crippen LogP contribution in [0.5, 0.6) is 0 Å². The van der Waals surface area contributed by atoms with Gasteiger partial charge in [0, 0.05) is 48.0 Å². The maximum Gasteiger partial charge on any atom is 0.248 e. The van der Waals surface area contributed by atoms with Crippen LogP contribution in [0.3, 0.4) is 0 Å². The van der Waals surface area contributed by atoms with Crippen LogP contribution in [0.2, 0.25) is 0 Å². The number of nitrogens with one attached hydrogen (secondary N) is 1. The summed E-state index contributed by atoms with van der Waals surface area (Å²) in [7, 11) is 1.80. The van der Waals surface area contributed by atoms with E-state index in [1.54, 1.807) is 48.7 Å². The molecule has 0 spiro atoms. The number of halogens is 1. The van der Waals surface area contributed by atoms with Crippen LogP contribution in [0.1, 0.15) is 5.56 Å². The lowest BCUT2D eigenvalue weighted by Crippen LogP contribution is -2.07. The predicted octanol–water partition coefficient (Wildman–Crippen LogP) is 4.06. The second kappa shape index (κ2) is 7.93. The molecule has 7 heteroatoms. The highest BCUT2D eigenvalue weighted by Gasteiger charge is 2.09. The highest BCUT2D eigenvalue weighted by Crippen LogP contribution is 2.24. The monoisotopic (exact) mass is 387 g/mol. The molecule has 6 nitrogen and oxygen atoms in total. The molecule has 0 saturated carbocycles. The van der Waals surface area contributed by atoms with Gasteiger partial charge in [0.2, 0.25) is 5.91 Å². The molecule has 0 bridgehead atoms. The van der Waals surface area contributed by atoms with E-state index in [4.69, 9.17) is 0 Å². The number of carbonyl (C=O) groups is 1. The molecule has 1 amide bonds. The molecule has 2 aromatic carbocycles. The van der Waals surface area contributed by atoms with Crippen LogP contribution in [0.25, 0.3) is 23.0 Å². The molecule has 2 heterocycles. The summed E-state index contributed by atoms with van der Waals surface area (Å²) in [5.74, 6) is -0.555. The van der Waals surface area contributed by atoms with Gasteiger partial charge >= 0.3 is 0 Å². The van der Waals surface area contributed by atoms with Crippen LogP contribution in [-0.2, 0) is 11.8 Å². The van der Waals surface area contributed by atoms with Crippen molar-refractivity contribution < 1.29 is 9.18 Å². The Morgan fingerprint density at radius 1 is 1.10 bits per heavy atom. The normalized spacial score (nSPS) is 11.1. The van der Waals surface area contributed by atoms with E-state index in [0.717, 1.165) is 22.5 Å². The van der Waals surface area contributed by atoms with Gasteiger partial charge in [0.1, 0.15) is 5.82 Å². The van der Waals surface area contributed by atoms with E-state index in [1.165, 1.54) is 18.2 Å². The lowest BCUT2D eigenvalue weighted by Gasteiger charge is -2.06. The Morgan fingerprint density at radius 3 is 2.55 bits per heavy atom. The first kappa shape index (κ1) is 18.4. The third kappa shape index (κ3) is 4.14. The third-order valence-electron chi connectivity index (χ3n) is 4.44. The second-order valence-corrected chi connectivity index (χ2v) is 6.42. The van der Waals surface area contributed by atoms with Crippen LogP contribution in [-0.4, -0.2) is 25.2 Å². The molecule has 0 aliphatic carbocycles. The molecular formula is C22H18FN5O. The minimum Gasteiger partial charge on any atom is -0.323 e. The minimum absolute atomic E-state index is 0.255. The summed E-state index contributed by atoms with van der Waals surface area (Å²) in [6.45, 7) is 0. The number of rotatable bonds is 5. The maximum atomic E-state index is 13.2. The number of aryl methyl sites for hydroxylation is 1. The fourth-order valence-electron chi connectivity index (χ4n) is 3.02. The Bertz CT molecular complexity index is 1140. The van der Waals surface area contributed by atoms with Crippen molar-refractivity contribution in [2.24, 2.45) is 7.05 Å². The SMILES string of the molecule is Cn1ncc(/C=C/C(=O)Nc2ccc(-n3ccnc3)cc2)c1-c1ccc(F)cc1. The molecular weight excluding hydrogens is 369 g/mol. The average Bonchev–Trinajstić information content (AvgIpc) is 3.38. The first-order chi connectivity index (χ1) is 14.1. The Kier molecular flexibility index (Phi) is 5.03. The Labute approximate surface area is 166 Å². The molecule has 0 aliphatic rings. The van der Waals surface area contributed by atoms with Crippen LogP contribution in [0, 0.1) is 5.82 Å². The number of hydrogen-bond acceptors (Lipinski definition) is 3. The fraction of sp³-hybridized carbons (Fsp3) is 0.0455. The summed E-state index contributed by atoms with van der Waals surface area (Å²) in [4.78, 5) is 16.3. The molecule has 144 valence electrons. The number of carbonyl (C=O) groups excluding carboxylic acids is 1.